The number of fused-ring (bicyclic) bond motifs is 6. The Morgan fingerprint density at radius 1 is 0.982 bits per heavy atom. The van der Waals surface area contributed by atoms with Crippen molar-refractivity contribution in [2.75, 3.05) is 14.2 Å². The molecule has 0 amide bonds. The number of carboxylic acids is 1. The Kier molecular flexibility index (Phi) is 10.3. The first-order chi connectivity index (χ1) is 27.2. The lowest BCUT2D eigenvalue weighted by atomic mass is 9.94. The minimum atomic E-state index is -1.36. The molecule has 0 saturated carbocycles. The molecule has 4 aromatic carbocycles. The summed E-state index contributed by atoms with van der Waals surface area (Å²) in [5.41, 5.74) is 7.03. The van der Waals surface area contributed by atoms with Crippen LogP contribution in [0.3, 0.4) is 0 Å². The van der Waals surface area contributed by atoms with Crippen LogP contribution in [-0.2, 0) is 30.9 Å². The van der Waals surface area contributed by atoms with E-state index in [9.17, 15) is 14.3 Å². The molecule has 0 aliphatic carbocycles. The Morgan fingerprint density at radius 2 is 1.80 bits per heavy atom. The number of carbonyl (C=O) groups is 1. The third-order valence-corrected chi connectivity index (χ3v) is 11.4. The molecule has 3 aromatic heterocycles. The van der Waals surface area contributed by atoms with Crippen molar-refractivity contribution in [2.24, 2.45) is 0 Å². The van der Waals surface area contributed by atoms with E-state index >= 15 is 0 Å². The van der Waals surface area contributed by atoms with Gasteiger partial charge in [0.1, 0.15) is 35.1 Å². The number of ether oxygens (including phenoxy) is 3. The van der Waals surface area contributed by atoms with Crippen LogP contribution >= 0.6 is 22.9 Å². The molecular weight excluding hydrogens is 753 g/mol. The maximum absolute atomic E-state index is 14.1. The van der Waals surface area contributed by atoms with Gasteiger partial charge in [-0.05, 0) is 83.8 Å². The van der Waals surface area contributed by atoms with Crippen LogP contribution in [0.4, 0.5) is 4.39 Å². The summed E-state index contributed by atoms with van der Waals surface area (Å²) >= 11 is 8.52. The lowest BCUT2D eigenvalue weighted by Gasteiger charge is -2.22. The minimum Gasteiger partial charge on any atom is -0.496 e. The van der Waals surface area contributed by atoms with Crippen LogP contribution in [0.2, 0.25) is 5.02 Å². The number of hydrogen-bond acceptors (Lipinski definition) is 10. The number of para-hydroxylation sites is 1. The van der Waals surface area contributed by atoms with E-state index in [1.165, 1.54) is 29.8 Å². The van der Waals surface area contributed by atoms with Gasteiger partial charge >= 0.3 is 5.97 Å². The second kappa shape index (κ2) is 15.7. The van der Waals surface area contributed by atoms with Crippen molar-refractivity contribution in [2.45, 2.75) is 39.1 Å². The van der Waals surface area contributed by atoms with E-state index in [-0.39, 0.29) is 24.7 Å². The average molecular weight is 788 g/mol. The van der Waals surface area contributed by atoms with Gasteiger partial charge in [0.2, 0.25) is 12.0 Å². The molecule has 56 heavy (non-hydrogen) atoms. The number of hydrogen-bond donors (Lipinski definition) is 1. The summed E-state index contributed by atoms with van der Waals surface area (Å²) in [7, 11) is 3.61. The van der Waals surface area contributed by atoms with Crippen LogP contribution in [0, 0.1) is 12.7 Å². The van der Waals surface area contributed by atoms with Crippen molar-refractivity contribution in [1.29, 1.82) is 0 Å². The third-order valence-electron chi connectivity index (χ3n) is 9.68. The largest absolute Gasteiger partial charge is 0.496 e. The molecule has 0 saturated heterocycles. The molecule has 0 unspecified atom stereocenters. The van der Waals surface area contributed by atoms with Crippen molar-refractivity contribution < 1.29 is 28.5 Å². The predicted octanol–water partition coefficient (Wildman–Crippen LogP) is 9.19. The Labute approximate surface area is 331 Å². The normalized spacial score (nSPS) is 14.4. The van der Waals surface area contributed by atoms with E-state index in [1.54, 1.807) is 31.5 Å². The highest BCUT2D eigenvalue weighted by atomic mass is 35.5. The fourth-order valence-electron chi connectivity index (χ4n) is 6.98. The Morgan fingerprint density at radius 3 is 2.61 bits per heavy atom. The summed E-state index contributed by atoms with van der Waals surface area (Å²) in [5.74, 6) is 0.197. The van der Waals surface area contributed by atoms with E-state index < -0.39 is 12.1 Å². The van der Waals surface area contributed by atoms with Crippen LogP contribution < -0.4 is 14.2 Å². The van der Waals surface area contributed by atoms with Crippen molar-refractivity contribution in [1.82, 2.24) is 24.8 Å². The van der Waals surface area contributed by atoms with Crippen LogP contribution in [-0.4, -0.2) is 56.2 Å². The van der Waals surface area contributed by atoms with Gasteiger partial charge in [-0.25, -0.2) is 29.1 Å². The van der Waals surface area contributed by atoms with E-state index in [2.05, 4.69) is 19.9 Å². The molecule has 5 heterocycles. The monoisotopic (exact) mass is 787 g/mol. The molecule has 0 radical (unpaired) electrons. The van der Waals surface area contributed by atoms with Crippen molar-refractivity contribution in [3.8, 4) is 50.3 Å². The number of methoxy groups -OCH3 is 1. The van der Waals surface area contributed by atoms with Gasteiger partial charge in [-0.1, -0.05) is 60.1 Å². The molecule has 10 nitrogen and oxygen atoms in total. The summed E-state index contributed by atoms with van der Waals surface area (Å²) in [6, 6.07) is 25.3. The molecule has 13 heteroatoms. The number of rotatable bonds is 7. The fraction of sp³-hybridized carbons (Fsp3) is 0.186. The predicted molar refractivity (Wildman–Crippen MR) is 214 cm³/mol. The lowest BCUT2D eigenvalue weighted by molar-refractivity contribution is -0.145. The minimum absolute atomic E-state index is 0.0349. The van der Waals surface area contributed by atoms with Gasteiger partial charge in [-0.2, -0.15) is 0 Å². The maximum atomic E-state index is 14.1. The zero-order valence-electron chi connectivity index (χ0n) is 30.6. The topological polar surface area (TPSA) is 120 Å². The van der Waals surface area contributed by atoms with Gasteiger partial charge in [-0.3, -0.25) is 4.90 Å². The summed E-state index contributed by atoms with van der Waals surface area (Å²) < 4.78 is 32.4. The quantitative estimate of drug-likeness (QED) is 0.168. The summed E-state index contributed by atoms with van der Waals surface area (Å²) in [4.78, 5) is 34.8. The molecule has 1 atom stereocenters. The van der Waals surface area contributed by atoms with Crippen LogP contribution in [0.1, 0.15) is 27.9 Å². The fourth-order valence-corrected chi connectivity index (χ4v) is 8.36. The maximum Gasteiger partial charge on any atom is 0.345 e. The number of nitrogens with zero attached hydrogens (tertiary/aromatic N) is 5. The molecule has 4 bridgehead atoms. The zero-order chi connectivity index (χ0) is 38.9. The summed E-state index contributed by atoms with van der Waals surface area (Å²) in [6.45, 7) is 3.16. The first-order valence-corrected chi connectivity index (χ1v) is 19.0. The smallest absolute Gasteiger partial charge is 0.345 e. The molecule has 0 spiro atoms. The number of carboxylic acid groups (broad SMARTS) is 1. The number of aliphatic carboxylic acids is 1. The van der Waals surface area contributed by atoms with Gasteiger partial charge in [0.05, 0.1) is 23.8 Å². The first kappa shape index (κ1) is 37.0. The van der Waals surface area contributed by atoms with Crippen molar-refractivity contribution in [3.63, 3.8) is 0 Å². The highest BCUT2D eigenvalue weighted by Crippen LogP contribution is 2.49. The molecule has 2 aliphatic rings. The van der Waals surface area contributed by atoms with Gasteiger partial charge in [-0.15, -0.1) is 11.3 Å². The molecule has 2 aliphatic heterocycles. The van der Waals surface area contributed by atoms with Crippen molar-refractivity contribution >= 4 is 39.1 Å². The highest BCUT2D eigenvalue weighted by Gasteiger charge is 2.29. The second-order valence-corrected chi connectivity index (χ2v) is 14.9. The Hall–Kier alpha value is -5.95. The SMILES string of the molecule is COc1ccccc1-c1nccc(COc2ccc3cc2C[C@H](C(=O)O)Oc2ncnc4sc(-c5ccc(F)cc5)c(c24)-c2ccc(c(Cl)c2C)CN(C)C3)n1. The van der Waals surface area contributed by atoms with E-state index in [1.807, 2.05) is 68.6 Å². The standard InChI is InChI=1S/C43H35ClFN5O5S/c1-24-31-14-11-27(38(24)44)21-50(2)20-25-8-15-33(54-22-30-16-17-46-40(49-30)32-6-4-5-7-34(32)53-3)28(18-25)19-35(43(51)52)55-41-37-36(31)39(56-42(37)48-23-47-41)26-9-12-29(45)13-10-26/h4-18,23,35H,19-22H2,1-3H3,(H,51,52)/t35-/m1/s1. The van der Waals surface area contributed by atoms with Crippen LogP contribution in [0.5, 0.6) is 17.4 Å². The summed E-state index contributed by atoms with van der Waals surface area (Å²) in [6.07, 6.45) is 1.63. The molecule has 282 valence electrons. The summed E-state index contributed by atoms with van der Waals surface area (Å²) in [5, 5.41) is 11.8. The first-order valence-electron chi connectivity index (χ1n) is 17.8. The van der Waals surface area contributed by atoms with E-state index in [4.69, 9.17) is 30.8 Å². The van der Waals surface area contributed by atoms with Crippen molar-refractivity contribution in [3.05, 3.63) is 136 Å². The average Bonchev–Trinajstić information content (AvgIpc) is 3.59. The number of halogens is 2. The van der Waals surface area contributed by atoms with Gasteiger partial charge < -0.3 is 19.3 Å². The molecule has 0 fully saturated rings. The highest BCUT2D eigenvalue weighted by molar-refractivity contribution is 7.22. The number of aromatic nitrogens is 4. The Bertz CT molecular complexity index is 2600. The zero-order valence-corrected chi connectivity index (χ0v) is 32.2. The van der Waals surface area contributed by atoms with E-state index in [0.717, 1.165) is 43.8 Å². The molecule has 7 aromatic rings. The van der Waals surface area contributed by atoms with Gasteiger partial charge in [0.15, 0.2) is 5.82 Å². The molecule has 9 rings (SSSR count). The van der Waals surface area contributed by atoms with Gasteiger partial charge in [0.25, 0.3) is 0 Å². The van der Waals surface area contributed by atoms with Gasteiger partial charge in [0, 0.05) is 41.2 Å². The molecular formula is C43H35ClFN5O5S. The molecule has 1 N–H and O–H groups in total. The van der Waals surface area contributed by atoms with E-state index in [0.29, 0.717) is 56.9 Å². The second-order valence-electron chi connectivity index (χ2n) is 13.5. The van der Waals surface area contributed by atoms with Crippen LogP contribution in [0.25, 0.3) is 43.2 Å². The Balaban J connectivity index is 1.21. The third kappa shape index (κ3) is 7.38. The lowest BCUT2D eigenvalue weighted by Crippen LogP contribution is -2.30. The number of thiophene rings is 1. The number of benzene rings is 4. The van der Waals surface area contributed by atoms with Crippen LogP contribution in [0.15, 0.2) is 97.5 Å².